The molecule has 1 aliphatic heterocycles. The molecule has 0 bridgehead atoms. The zero-order chi connectivity index (χ0) is 12.3. The van der Waals surface area contributed by atoms with Gasteiger partial charge in [0.25, 0.3) is 0 Å². The van der Waals surface area contributed by atoms with E-state index in [1.165, 1.54) is 4.88 Å². The Morgan fingerprint density at radius 1 is 1.65 bits per heavy atom. The molecular weight excluding hydrogens is 236 g/mol. The van der Waals surface area contributed by atoms with Crippen LogP contribution in [0.1, 0.15) is 9.88 Å². The Morgan fingerprint density at radius 3 is 3.12 bits per heavy atom. The number of guanidine groups is 1. The third-order valence-corrected chi connectivity index (χ3v) is 3.25. The molecular formula is C10H14N6S. The molecule has 0 fully saturated rings. The maximum atomic E-state index is 8.68. The van der Waals surface area contributed by atoms with E-state index in [-0.39, 0.29) is 0 Å². The van der Waals surface area contributed by atoms with Crippen LogP contribution in [0.3, 0.4) is 0 Å². The lowest BCUT2D eigenvalue weighted by Crippen LogP contribution is -2.48. The highest BCUT2D eigenvalue weighted by Gasteiger charge is 2.19. The molecule has 0 aromatic carbocycles. The normalized spacial score (nSPS) is 16.5. The predicted octanol–water partition coefficient (Wildman–Crippen LogP) is 0.541. The van der Waals surface area contributed by atoms with Gasteiger partial charge in [-0.2, -0.15) is 5.26 Å². The average molecular weight is 250 g/mol. The summed E-state index contributed by atoms with van der Waals surface area (Å²) < 4.78 is 0. The van der Waals surface area contributed by atoms with Crippen LogP contribution in [0.2, 0.25) is 0 Å². The molecule has 7 heteroatoms. The fraction of sp³-hybridized carbons (Fsp3) is 0.500. The second-order valence-electron chi connectivity index (χ2n) is 3.90. The van der Waals surface area contributed by atoms with Gasteiger partial charge in [-0.25, -0.2) is 9.98 Å². The van der Waals surface area contributed by atoms with Gasteiger partial charge in [0.15, 0.2) is 6.19 Å². The van der Waals surface area contributed by atoms with Crippen LogP contribution in [0.25, 0.3) is 0 Å². The summed E-state index contributed by atoms with van der Waals surface area (Å²) >= 11 is 1.67. The average Bonchev–Trinajstić information content (AvgIpc) is 2.68. The first-order valence-corrected chi connectivity index (χ1v) is 6.05. The number of rotatable bonds is 2. The summed E-state index contributed by atoms with van der Waals surface area (Å²) in [5.74, 6) is 0.636. The topological polar surface area (TPSA) is 67.6 Å². The van der Waals surface area contributed by atoms with Crippen molar-refractivity contribution in [1.29, 1.82) is 5.26 Å². The van der Waals surface area contributed by atoms with E-state index in [0.717, 1.165) is 18.2 Å². The summed E-state index contributed by atoms with van der Waals surface area (Å²) in [6.45, 7) is 4.08. The van der Waals surface area contributed by atoms with Crippen LogP contribution >= 0.6 is 11.3 Å². The Kier molecular flexibility index (Phi) is 3.56. The largest absolute Gasteiger partial charge is 0.324 e. The van der Waals surface area contributed by atoms with Gasteiger partial charge >= 0.3 is 0 Å². The molecule has 0 spiro atoms. The van der Waals surface area contributed by atoms with Gasteiger partial charge in [-0.3, -0.25) is 10.2 Å². The summed E-state index contributed by atoms with van der Waals surface area (Å²) in [4.78, 5) is 13.8. The van der Waals surface area contributed by atoms with Crippen molar-refractivity contribution in [2.45, 2.75) is 13.5 Å². The standard InChI is InChI=1S/C10H14N6S/c1-8-12-3-9(17-8)4-16-7-15(2)6-14-10(16)13-5-11/h3H,4,6-7H2,1-2H3,(H,13,14). The molecule has 0 radical (unpaired) electrons. The second-order valence-corrected chi connectivity index (χ2v) is 5.22. The van der Waals surface area contributed by atoms with Gasteiger partial charge in [0.1, 0.15) is 0 Å². The summed E-state index contributed by atoms with van der Waals surface area (Å²) in [5, 5.41) is 12.4. The van der Waals surface area contributed by atoms with Crippen LogP contribution < -0.4 is 5.32 Å². The molecule has 1 N–H and O–H groups in total. The van der Waals surface area contributed by atoms with Crippen LogP contribution in [0.5, 0.6) is 0 Å². The molecule has 17 heavy (non-hydrogen) atoms. The predicted molar refractivity (Wildman–Crippen MR) is 66.1 cm³/mol. The number of nitrogens with one attached hydrogen (secondary N) is 1. The van der Waals surface area contributed by atoms with Crippen LogP contribution in [-0.4, -0.2) is 41.1 Å². The van der Waals surface area contributed by atoms with Gasteiger partial charge in [-0.1, -0.05) is 0 Å². The van der Waals surface area contributed by atoms with E-state index in [1.807, 2.05) is 31.3 Å². The first-order chi connectivity index (χ1) is 8.19. The van der Waals surface area contributed by atoms with E-state index < -0.39 is 0 Å². The highest BCUT2D eigenvalue weighted by Crippen LogP contribution is 2.15. The van der Waals surface area contributed by atoms with E-state index in [9.17, 15) is 0 Å². The van der Waals surface area contributed by atoms with Crippen molar-refractivity contribution >= 4 is 17.3 Å². The lowest BCUT2D eigenvalue weighted by Gasteiger charge is -2.32. The third kappa shape index (κ3) is 2.93. The van der Waals surface area contributed by atoms with Crippen molar-refractivity contribution in [2.24, 2.45) is 4.99 Å². The zero-order valence-electron chi connectivity index (χ0n) is 9.84. The molecule has 0 aliphatic carbocycles. The fourth-order valence-corrected chi connectivity index (χ4v) is 2.46. The maximum Gasteiger partial charge on any atom is 0.210 e. The van der Waals surface area contributed by atoms with Gasteiger partial charge in [0.05, 0.1) is 24.9 Å². The Hall–Kier alpha value is -1.65. The number of aryl methyl sites for hydroxylation is 1. The number of aliphatic imine (C=N–C) groups is 1. The Morgan fingerprint density at radius 2 is 2.47 bits per heavy atom. The van der Waals surface area contributed by atoms with Gasteiger partial charge in [0, 0.05) is 11.1 Å². The van der Waals surface area contributed by atoms with Crippen molar-refractivity contribution in [3.8, 4) is 6.19 Å². The first kappa shape index (κ1) is 11.8. The van der Waals surface area contributed by atoms with E-state index in [1.54, 1.807) is 11.3 Å². The van der Waals surface area contributed by atoms with Crippen molar-refractivity contribution in [3.63, 3.8) is 0 Å². The summed E-state index contributed by atoms with van der Waals surface area (Å²) in [6.07, 6.45) is 3.79. The molecule has 2 rings (SSSR count). The Labute approximate surface area is 104 Å². The zero-order valence-corrected chi connectivity index (χ0v) is 10.7. The second kappa shape index (κ2) is 5.12. The van der Waals surface area contributed by atoms with Gasteiger partial charge in [0.2, 0.25) is 5.96 Å². The number of nitrogens with zero attached hydrogens (tertiary/aromatic N) is 5. The minimum absolute atomic E-state index is 0.613. The number of aromatic nitrogens is 1. The Balaban J connectivity index is 2.09. The smallest absolute Gasteiger partial charge is 0.210 e. The lowest BCUT2D eigenvalue weighted by molar-refractivity contribution is 0.198. The molecule has 0 amide bonds. The third-order valence-electron chi connectivity index (χ3n) is 2.36. The van der Waals surface area contributed by atoms with Crippen molar-refractivity contribution in [1.82, 2.24) is 20.1 Å². The van der Waals surface area contributed by atoms with Crippen molar-refractivity contribution < 1.29 is 0 Å². The van der Waals surface area contributed by atoms with E-state index in [4.69, 9.17) is 5.26 Å². The number of hydrogen-bond acceptors (Lipinski definition) is 7. The molecule has 2 heterocycles. The van der Waals surface area contributed by atoms with E-state index in [0.29, 0.717) is 12.6 Å². The van der Waals surface area contributed by atoms with Gasteiger partial charge in [-0.15, -0.1) is 11.3 Å². The molecule has 0 saturated heterocycles. The molecule has 0 saturated carbocycles. The summed E-state index contributed by atoms with van der Waals surface area (Å²) in [5.41, 5.74) is 0. The van der Waals surface area contributed by atoms with Crippen LogP contribution in [-0.2, 0) is 6.54 Å². The molecule has 6 nitrogen and oxygen atoms in total. The lowest BCUT2D eigenvalue weighted by atomic mass is 10.4. The highest BCUT2D eigenvalue weighted by atomic mass is 32.1. The monoisotopic (exact) mass is 250 g/mol. The minimum atomic E-state index is 0.613. The molecule has 1 aromatic heterocycles. The van der Waals surface area contributed by atoms with E-state index in [2.05, 4.69) is 20.2 Å². The van der Waals surface area contributed by atoms with E-state index >= 15 is 0 Å². The first-order valence-electron chi connectivity index (χ1n) is 5.23. The quantitative estimate of drug-likeness (QED) is 0.613. The number of hydrogen-bond donors (Lipinski definition) is 1. The van der Waals surface area contributed by atoms with Crippen molar-refractivity contribution in [3.05, 3.63) is 16.1 Å². The maximum absolute atomic E-state index is 8.68. The van der Waals surface area contributed by atoms with Crippen LogP contribution in [0, 0.1) is 18.4 Å². The number of thiazole rings is 1. The van der Waals surface area contributed by atoms with Crippen LogP contribution in [0.4, 0.5) is 0 Å². The van der Waals surface area contributed by atoms with Gasteiger partial charge < -0.3 is 4.90 Å². The minimum Gasteiger partial charge on any atom is -0.324 e. The fourth-order valence-electron chi connectivity index (χ4n) is 1.65. The van der Waals surface area contributed by atoms with Crippen LogP contribution in [0.15, 0.2) is 11.2 Å². The highest BCUT2D eigenvalue weighted by molar-refractivity contribution is 7.11. The Bertz CT molecular complexity index is 460. The summed E-state index contributed by atoms with van der Waals surface area (Å²) in [6, 6.07) is 0. The molecule has 90 valence electrons. The van der Waals surface area contributed by atoms with Crippen molar-refractivity contribution in [2.75, 3.05) is 20.4 Å². The molecule has 1 aromatic rings. The summed E-state index contributed by atoms with van der Waals surface area (Å²) in [7, 11) is 2.00. The van der Waals surface area contributed by atoms with Gasteiger partial charge in [-0.05, 0) is 14.0 Å². The SMILES string of the molecule is Cc1ncc(CN2CN(C)CN=C2NC#N)s1. The molecule has 0 atom stereocenters. The molecule has 1 aliphatic rings. The number of nitriles is 1. The molecule has 0 unspecified atom stereocenters.